The fraction of sp³-hybridized carbons (Fsp3) is 0.462. The molecule has 0 spiro atoms. The Bertz CT molecular complexity index is 569. The van der Waals surface area contributed by atoms with Crippen LogP contribution in [0.25, 0.3) is 0 Å². The van der Waals surface area contributed by atoms with Crippen molar-refractivity contribution in [2.24, 2.45) is 5.92 Å². The molecular weight excluding hydrogens is 286 g/mol. The maximum Gasteiger partial charge on any atom is 0.261 e. The van der Waals surface area contributed by atoms with Crippen molar-refractivity contribution in [3.8, 4) is 0 Å². The summed E-state index contributed by atoms with van der Waals surface area (Å²) < 4.78 is 22.5. The van der Waals surface area contributed by atoms with Gasteiger partial charge in [0.2, 0.25) is 5.91 Å². The summed E-state index contributed by atoms with van der Waals surface area (Å²) in [5, 5.41) is 2.77. The Hall–Kier alpha value is -1.07. The van der Waals surface area contributed by atoms with Gasteiger partial charge in [-0.1, -0.05) is 20.3 Å². The molecule has 1 aromatic rings. The molecule has 0 aliphatic heterocycles. The number of nitrogens with one attached hydrogen (secondary N) is 1. The molecule has 6 heteroatoms. The van der Waals surface area contributed by atoms with Gasteiger partial charge in [-0.3, -0.25) is 4.79 Å². The molecule has 0 aromatic heterocycles. The molecule has 1 unspecified atom stereocenters. The van der Waals surface area contributed by atoms with Crippen LogP contribution in [-0.2, 0) is 13.8 Å². The van der Waals surface area contributed by atoms with E-state index in [4.69, 9.17) is 10.7 Å². The van der Waals surface area contributed by atoms with Crippen molar-refractivity contribution in [1.82, 2.24) is 0 Å². The van der Waals surface area contributed by atoms with Gasteiger partial charge in [0.05, 0.1) is 4.90 Å². The van der Waals surface area contributed by atoms with Crippen molar-refractivity contribution in [3.63, 3.8) is 0 Å². The minimum Gasteiger partial charge on any atom is -0.326 e. The number of anilines is 1. The van der Waals surface area contributed by atoms with Crippen LogP contribution < -0.4 is 5.32 Å². The molecule has 0 heterocycles. The van der Waals surface area contributed by atoms with Gasteiger partial charge < -0.3 is 5.32 Å². The highest BCUT2D eigenvalue weighted by molar-refractivity contribution is 8.13. The number of benzene rings is 1. The van der Waals surface area contributed by atoms with Crippen molar-refractivity contribution in [2.45, 2.75) is 38.5 Å². The molecule has 1 aromatic carbocycles. The summed E-state index contributed by atoms with van der Waals surface area (Å²) in [7, 11) is 1.55. The maximum absolute atomic E-state index is 11.8. The zero-order valence-corrected chi connectivity index (χ0v) is 12.8. The standard InChI is InChI=1S/C13H18ClNO3S/c1-4-5-9(2)13(16)15-11-6-7-12(10(3)8-11)19(14,17)18/h6-9H,4-5H2,1-3H3,(H,15,16). The first-order valence-electron chi connectivity index (χ1n) is 6.12. The zero-order valence-electron chi connectivity index (χ0n) is 11.2. The SMILES string of the molecule is CCCC(C)C(=O)Nc1ccc(S(=O)(=O)Cl)c(C)c1. The lowest BCUT2D eigenvalue weighted by Crippen LogP contribution is -2.20. The van der Waals surface area contributed by atoms with E-state index < -0.39 is 9.05 Å². The van der Waals surface area contributed by atoms with E-state index in [-0.39, 0.29) is 16.7 Å². The van der Waals surface area contributed by atoms with Crippen molar-refractivity contribution in [1.29, 1.82) is 0 Å². The van der Waals surface area contributed by atoms with E-state index >= 15 is 0 Å². The van der Waals surface area contributed by atoms with Gasteiger partial charge in [0.25, 0.3) is 9.05 Å². The largest absolute Gasteiger partial charge is 0.326 e. The average molecular weight is 304 g/mol. The Morgan fingerprint density at radius 1 is 1.42 bits per heavy atom. The Balaban J connectivity index is 2.88. The lowest BCUT2D eigenvalue weighted by atomic mass is 10.1. The summed E-state index contributed by atoms with van der Waals surface area (Å²) in [5.74, 6) is -0.135. The molecule has 1 rings (SSSR count). The number of amides is 1. The Labute approximate surface area is 118 Å². The number of hydrogen-bond acceptors (Lipinski definition) is 3. The first-order valence-corrected chi connectivity index (χ1v) is 8.42. The van der Waals surface area contributed by atoms with Crippen molar-refractivity contribution >= 4 is 31.3 Å². The molecule has 4 nitrogen and oxygen atoms in total. The summed E-state index contributed by atoms with van der Waals surface area (Å²) in [4.78, 5) is 11.9. The first kappa shape index (κ1) is 16.0. The minimum atomic E-state index is -3.74. The van der Waals surface area contributed by atoms with Crippen LogP contribution in [0.5, 0.6) is 0 Å². The van der Waals surface area contributed by atoms with Crippen LogP contribution in [-0.4, -0.2) is 14.3 Å². The topological polar surface area (TPSA) is 63.2 Å². The van der Waals surface area contributed by atoms with Gasteiger partial charge >= 0.3 is 0 Å². The number of carbonyl (C=O) groups is 1. The number of hydrogen-bond donors (Lipinski definition) is 1. The third-order valence-electron chi connectivity index (χ3n) is 2.87. The molecule has 1 N–H and O–H groups in total. The molecule has 1 amide bonds. The van der Waals surface area contributed by atoms with E-state index in [9.17, 15) is 13.2 Å². The summed E-state index contributed by atoms with van der Waals surface area (Å²) in [6.07, 6.45) is 1.76. The van der Waals surface area contributed by atoms with Crippen LogP contribution in [0, 0.1) is 12.8 Å². The quantitative estimate of drug-likeness (QED) is 0.849. The third-order valence-corrected chi connectivity index (χ3v) is 4.36. The van der Waals surface area contributed by atoms with Crippen LogP contribution in [0.4, 0.5) is 5.69 Å². The van der Waals surface area contributed by atoms with E-state index in [1.54, 1.807) is 19.1 Å². The Morgan fingerprint density at radius 2 is 2.05 bits per heavy atom. The van der Waals surface area contributed by atoms with Crippen LogP contribution >= 0.6 is 10.7 Å². The number of rotatable bonds is 5. The van der Waals surface area contributed by atoms with Crippen LogP contribution in [0.15, 0.2) is 23.1 Å². The van der Waals surface area contributed by atoms with Crippen molar-refractivity contribution < 1.29 is 13.2 Å². The molecule has 0 saturated heterocycles. The second-order valence-corrected chi connectivity index (χ2v) is 7.13. The average Bonchev–Trinajstić information content (AvgIpc) is 2.27. The van der Waals surface area contributed by atoms with Crippen LogP contribution in [0.2, 0.25) is 0 Å². The smallest absolute Gasteiger partial charge is 0.261 e. The molecular formula is C13H18ClNO3S. The maximum atomic E-state index is 11.8. The monoisotopic (exact) mass is 303 g/mol. The van der Waals surface area contributed by atoms with Crippen LogP contribution in [0.3, 0.4) is 0 Å². The molecule has 0 aliphatic rings. The summed E-state index contributed by atoms with van der Waals surface area (Å²) in [5.41, 5.74) is 1.09. The fourth-order valence-electron chi connectivity index (χ4n) is 1.83. The fourth-order valence-corrected chi connectivity index (χ4v) is 3.02. The third kappa shape index (κ3) is 4.51. The lowest BCUT2D eigenvalue weighted by Gasteiger charge is -2.12. The van der Waals surface area contributed by atoms with E-state index in [2.05, 4.69) is 5.32 Å². The van der Waals surface area contributed by atoms with Gasteiger partial charge in [-0.15, -0.1) is 0 Å². The van der Waals surface area contributed by atoms with Crippen molar-refractivity contribution in [3.05, 3.63) is 23.8 Å². The molecule has 0 saturated carbocycles. The van der Waals surface area contributed by atoms with Gasteiger partial charge in [-0.2, -0.15) is 0 Å². The zero-order chi connectivity index (χ0) is 14.6. The second kappa shape index (κ2) is 6.39. The van der Waals surface area contributed by atoms with Gasteiger partial charge in [0.15, 0.2) is 0 Å². The highest BCUT2D eigenvalue weighted by Crippen LogP contribution is 2.23. The molecule has 1 atom stereocenters. The normalized spacial score (nSPS) is 13.1. The van der Waals surface area contributed by atoms with Gasteiger partial charge in [0.1, 0.15) is 0 Å². The molecule has 106 valence electrons. The summed E-state index contributed by atoms with van der Waals surface area (Å²) in [6.45, 7) is 5.53. The van der Waals surface area contributed by atoms with Gasteiger partial charge in [-0.25, -0.2) is 8.42 Å². The first-order chi connectivity index (χ1) is 8.75. The highest BCUT2D eigenvalue weighted by Gasteiger charge is 2.15. The molecule has 0 bridgehead atoms. The second-order valence-electron chi connectivity index (χ2n) is 4.60. The van der Waals surface area contributed by atoms with Crippen molar-refractivity contribution in [2.75, 3.05) is 5.32 Å². The predicted molar refractivity (Wildman–Crippen MR) is 76.9 cm³/mol. The molecule has 0 radical (unpaired) electrons. The van der Waals surface area contributed by atoms with Gasteiger partial charge in [0, 0.05) is 22.3 Å². The van der Waals surface area contributed by atoms with E-state index in [1.165, 1.54) is 6.07 Å². The molecule has 0 aliphatic carbocycles. The van der Waals surface area contributed by atoms with E-state index in [1.807, 2.05) is 13.8 Å². The molecule has 19 heavy (non-hydrogen) atoms. The Morgan fingerprint density at radius 3 is 2.53 bits per heavy atom. The number of halogens is 1. The summed E-state index contributed by atoms with van der Waals surface area (Å²) >= 11 is 0. The summed E-state index contributed by atoms with van der Waals surface area (Å²) in [6, 6.07) is 4.54. The van der Waals surface area contributed by atoms with Crippen LogP contribution in [0.1, 0.15) is 32.3 Å². The highest BCUT2D eigenvalue weighted by atomic mass is 35.7. The lowest BCUT2D eigenvalue weighted by molar-refractivity contribution is -0.119. The minimum absolute atomic E-state index is 0.0637. The number of carbonyl (C=O) groups excluding carboxylic acids is 1. The van der Waals surface area contributed by atoms with Gasteiger partial charge in [-0.05, 0) is 37.1 Å². The Kier molecular flexibility index (Phi) is 5.38. The predicted octanol–water partition coefficient (Wildman–Crippen LogP) is 3.30. The van der Waals surface area contributed by atoms with E-state index in [0.717, 1.165) is 12.8 Å². The molecule has 0 fully saturated rings. The van der Waals surface area contributed by atoms with E-state index in [0.29, 0.717) is 11.3 Å². The number of aryl methyl sites for hydroxylation is 1.